The third-order valence-corrected chi connectivity index (χ3v) is 8.00. The predicted molar refractivity (Wildman–Crippen MR) is 162 cm³/mol. The summed E-state index contributed by atoms with van der Waals surface area (Å²) in [5, 5.41) is 2.95. The van der Waals surface area contributed by atoms with Crippen LogP contribution in [-0.2, 0) is 32.6 Å². The number of rotatable bonds is 14. The molecule has 1 N–H and O–H groups in total. The summed E-state index contributed by atoms with van der Waals surface area (Å²) in [6, 6.07) is 21.3. The van der Waals surface area contributed by atoms with Crippen LogP contribution < -0.4 is 9.62 Å². The van der Waals surface area contributed by atoms with E-state index in [0.717, 1.165) is 34.5 Å². The van der Waals surface area contributed by atoms with E-state index in [1.54, 1.807) is 24.3 Å². The van der Waals surface area contributed by atoms with Gasteiger partial charge in [0.1, 0.15) is 18.4 Å². The van der Waals surface area contributed by atoms with Gasteiger partial charge in [0.2, 0.25) is 21.8 Å². The van der Waals surface area contributed by atoms with Crippen LogP contribution in [0.2, 0.25) is 0 Å². The number of benzene rings is 3. The van der Waals surface area contributed by atoms with Gasteiger partial charge in [0.25, 0.3) is 0 Å². The van der Waals surface area contributed by atoms with E-state index in [4.69, 9.17) is 0 Å². The number of nitrogens with one attached hydrogen (secondary N) is 1. The number of hydrogen-bond donors (Lipinski definition) is 1. The zero-order chi connectivity index (χ0) is 30.0. The Morgan fingerprint density at radius 1 is 0.902 bits per heavy atom. The summed E-state index contributed by atoms with van der Waals surface area (Å²) in [5.41, 5.74) is 2.68. The number of sulfonamides is 1. The Morgan fingerprint density at radius 2 is 1.54 bits per heavy atom. The zero-order valence-electron chi connectivity index (χ0n) is 24.2. The topological polar surface area (TPSA) is 86.8 Å². The molecule has 0 aliphatic carbocycles. The largest absolute Gasteiger partial charge is 0.354 e. The molecule has 3 aromatic rings. The Balaban J connectivity index is 2.06. The second-order valence-corrected chi connectivity index (χ2v) is 12.4. The lowest BCUT2D eigenvalue weighted by molar-refractivity contribution is -0.140. The van der Waals surface area contributed by atoms with Gasteiger partial charge < -0.3 is 10.2 Å². The van der Waals surface area contributed by atoms with Crippen LogP contribution in [0, 0.1) is 5.82 Å². The van der Waals surface area contributed by atoms with Crippen LogP contribution >= 0.6 is 0 Å². The normalized spacial score (nSPS) is 12.1. The first-order valence-electron chi connectivity index (χ1n) is 13.9. The van der Waals surface area contributed by atoms with Gasteiger partial charge in [-0.25, -0.2) is 12.8 Å². The third kappa shape index (κ3) is 9.14. The van der Waals surface area contributed by atoms with Crippen LogP contribution in [0.15, 0.2) is 78.9 Å². The summed E-state index contributed by atoms with van der Waals surface area (Å²) < 4.78 is 40.9. The Kier molecular flexibility index (Phi) is 11.5. The Morgan fingerprint density at radius 3 is 2.15 bits per heavy atom. The van der Waals surface area contributed by atoms with Crippen molar-refractivity contribution in [2.45, 2.75) is 58.5 Å². The average Bonchev–Trinajstić information content (AvgIpc) is 2.94. The van der Waals surface area contributed by atoms with Crippen molar-refractivity contribution in [2.75, 3.05) is 23.7 Å². The maximum atomic E-state index is 14.2. The number of unbranched alkanes of at least 4 members (excludes halogenated alkanes) is 1. The fourth-order valence-corrected chi connectivity index (χ4v) is 5.51. The van der Waals surface area contributed by atoms with Crippen LogP contribution in [0.4, 0.5) is 10.1 Å². The highest BCUT2D eigenvalue weighted by atomic mass is 32.2. The first kappa shape index (κ1) is 31.8. The van der Waals surface area contributed by atoms with Crippen molar-refractivity contribution < 1.29 is 22.4 Å². The highest BCUT2D eigenvalue weighted by molar-refractivity contribution is 7.92. The van der Waals surface area contributed by atoms with E-state index in [1.807, 2.05) is 63.2 Å². The van der Waals surface area contributed by atoms with E-state index in [0.29, 0.717) is 17.8 Å². The molecule has 1 atom stereocenters. The summed E-state index contributed by atoms with van der Waals surface area (Å²) in [6.07, 6.45) is 2.97. The third-order valence-electron chi connectivity index (χ3n) is 6.87. The molecular weight excluding hydrogens is 541 g/mol. The van der Waals surface area contributed by atoms with E-state index < -0.39 is 34.3 Å². The van der Waals surface area contributed by atoms with Crippen molar-refractivity contribution >= 4 is 27.5 Å². The molecule has 41 heavy (non-hydrogen) atoms. The second kappa shape index (κ2) is 14.8. The molecule has 0 radical (unpaired) electrons. The maximum absolute atomic E-state index is 14.2. The molecule has 0 saturated carbocycles. The highest BCUT2D eigenvalue weighted by Crippen LogP contribution is 2.29. The maximum Gasteiger partial charge on any atom is 0.244 e. The summed E-state index contributed by atoms with van der Waals surface area (Å²) in [6.45, 7) is 5.90. The van der Waals surface area contributed by atoms with Crippen molar-refractivity contribution in [3.8, 4) is 0 Å². The number of amides is 2. The van der Waals surface area contributed by atoms with Gasteiger partial charge in [-0.2, -0.15) is 0 Å². The molecule has 0 saturated heterocycles. The van der Waals surface area contributed by atoms with E-state index in [9.17, 15) is 22.4 Å². The number of para-hydroxylation sites is 1. The first-order chi connectivity index (χ1) is 19.5. The van der Waals surface area contributed by atoms with E-state index in [-0.39, 0.29) is 24.8 Å². The summed E-state index contributed by atoms with van der Waals surface area (Å²) in [4.78, 5) is 29.2. The average molecular weight is 582 g/mol. The zero-order valence-corrected chi connectivity index (χ0v) is 25.0. The minimum absolute atomic E-state index is 0.00123. The van der Waals surface area contributed by atoms with Gasteiger partial charge in [-0.1, -0.05) is 87.9 Å². The molecule has 9 heteroatoms. The van der Waals surface area contributed by atoms with Crippen LogP contribution in [0.3, 0.4) is 0 Å². The van der Waals surface area contributed by atoms with Gasteiger partial charge in [0.05, 0.1) is 11.9 Å². The number of halogens is 1. The van der Waals surface area contributed by atoms with Crippen LogP contribution in [0.5, 0.6) is 0 Å². The molecule has 0 spiro atoms. The minimum Gasteiger partial charge on any atom is -0.354 e. The number of carbonyl (C=O) groups excluding carboxylic acids is 2. The smallest absolute Gasteiger partial charge is 0.244 e. The van der Waals surface area contributed by atoms with Gasteiger partial charge in [-0.05, 0) is 47.2 Å². The highest BCUT2D eigenvalue weighted by Gasteiger charge is 2.33. The molecule has 0 unspecified atom stereocenters. The van der Waals surface area contributed by atoms with Gasteiger partial charge in [-0.15, -0.1) is 0 Å². The van der Waals surface area contributed by atoms with Crippen molar-refractivity contribution in [2.24, 2.45) is 0 Å². The van der Waals surface area contributed by atoms with E-state index >= 15 is 0 Å². The number of carbonyl (C=O) groups is 2. The van der Waals surface area contributed by atoms with Crippen molar-refractivity contribution in [1.82, 2.24) is 10.2 Å². The van der Waals surface area contributed by atoms with Gasteiger partial charge in [0.15, 0.2) is 0 Å². The summed E-state index contributed by atoms with van der Waals surface area (Å²) >= 11 is 0. The molecule has 0 aliphatic rings. The van der Waals surface area contributed by atoms with Crippen molar-refractivity contribution in [3.05, 3.63) is 101 Å². The SMILES string of the molecule is CCCCNC(=O)[C@@H](Cc1ccccc1)N(Cc1ccc(F)cc1)C(=O)CN(c1ccccc1C(C)C)S(C)(=O)=O. The number of hydrogen-bond acceptors (Lipinski definition) is 4. The monoisotopic (exact) mass is 581 g/mol. The molecular formula is C32H40FN3O4S. The molecule has 0 aliphatic heterocycles. The molecule has 2 amide bonds. The molecule has 7 nitrogen and oxygen atoms in total. The Labute approximate surface area is 243 Å². The van der Waals surface area contributed by atoms with Crippen LogP contribution in [0.25, 0.3) is 0 Å². The molecule has 0 heterocycles. The molecule has 0 bridgehead atoms. The Bertz CT molecular complexity index is 1400. The standard InChI is InChI=1S/C32H40FN3O4S/c1-5-6-20-34-32(38)30(21-25-12-8-7-9-13-25)35(22-26-16-18-27(33)19-17-26)31(37)23-36(41(4,39)40)29-15-11-10-14-28(29)24(2)3/h7-19,24,30H,5-6,20-23H2,1-4H3,(H,34,38)/t30-/m1/s1. The fourth-order valence-electron chi connectivity index (χ4n) is 4.64. The molecule has 0 aromatic heterocycles. The second-order valence-electron chi connectivity index (χ2n) is 10.5. The fraction of sp³-hybridized carbons (Fsp3) is 0.375. The van der Waals surface area contributed by atoms with Crippen molar-refractivity contribution in [3.63, 3.8) is 0 Å². The van der Waals surface area contributed by atoms with Gasteiger partial charge in [0, 0.05) is 19.5 Å². The lowest BCUT2D eigenvalue weighted by Gasteiger charge is -2.34. The van der Waals surface area contributed by atoms with Crippen molar-refractivity contribution in [1.29, 1.82) is 0 Å². The van der Waals surface area contributed by atoms with Crippen LogP contribution in [0.1, 0.15) is 56.2 Å². The van der Waals surface area contributed by atoms with Crippen LogP contribution in [-0.4, -0.2) is 50.5 Å². The molecule has 220 valence electrons. The lowest BCUT2D eigenvalue weighted by atomic mass is 10.0. The number of anilines is 1. The molecule has 0 fully saturated rings. The van der Waals surface area contributed by atoms with E-state index in [1.165, 1.54) is 17.0 Å². The first-order valence-corrected chi connectivity index (χ1v) is 15.8. The molecule has 3 aromatic carbocycles. The summed E-state index contributed by atoms with van der Waals surface area (Å²) in [5.74, 6) is -1.27. The van der Waals surface area contributed by atoms with E-state index in [2.05, 4.69) is 5.32 Å². The molecule has 3 rings (SSSR count). The predicted octanol–water partition coefficient (Wildman–Crippen LogP) is 5.27. The minimum atomic E-state index is -3.87. The van der Waals surface area contributed by atoms with Gasteiger partial charge >= 0.3 is 0 Å². The lowest BCUT2D eigenvalue weighted by Crippen LogP contribution is -2.53. The van der Waals surface area contributed by atoms with Gasteiger partial charge in [-0.3, -0.25) is 13.9 Å². The quantitative estimate of drug-likeness (QED) is 0.263. The Hall–Kier alpha value is -3.72. The summed E-state index contributed by atoms with van der Waals surface area (Å²) in [7, 11) is -3.87. The number of nitrogens with zero attached hydrogens (tertiary/aromatic N) is 2.